The molecule has 0 fully saturated rings. The van der Waals surface area contributed by atoms with Gasteiger partial charge in [0.1, 0.15) is 0 Å². The van der Waals surface area contributed by atoms with Gasteiger partial charge in [-0.25, -0.2) is 0 Å². The van der Waals surface area contributed by atoms with Crippen LogP contribution in [0.3, 0.4) is 0 Å². The van der Waals surface area contributed by atoms with Crippen molar-refractivity contribution < 1.29 is 9.46 Å². The standard InChI is InChI=1S/C12H17O2P/c1-2-3-10-15(13,14)11-9-12-7-5-4-6-8-12/h4-9,11H,2-3,10H2,1H3,(H,13,14). The summed E-state index contributed by atoms with van der Waals surface area (Å²) < 4.78 is 11.6. The molecule has 1 rings (SSSR count). The minimum Gasteiger partial charge on any atom is -0.341 e. The van der Waals surface area contributed by atoms with E-state index in [1.165, 1.54) is 5.82 Å². The molecule has 0 aliphatic carbocycles. The molecule has 1 atom stereocenters. The van der Waals surface area contributed by atoms with Crippen LogP contribution in [0, 0.1) is 0 Å². The highest BCUT2D eigenvalue weighted by Gasteiger charge is 2.11. The summed E-state index contributed by atoms with van der Waals surface area (Å²) in [4.78, 5) is 9.58. The van der Waals surface area contributed by atoms with Gasteiger partial charge in [-0.1, -0.05) is 43.7 Å². The molecule has 82 valence electrons. The van der Waals surface area contributed by atoms with Crippen LogP contribution >= 0.6 is 7.37 Å². The Kier molecular flexibility index (Phi) is 4.80. The van der Waals surface area contributed by atoms with Gasteiger partial charge < -0.3 is 4.89 Å². The van der Waals surface area contributed by atoms with Crippen molar-refractivity contribution in [2.24, 2.45) is 0 Å². The Balaban J connectivity index is 2.61. The average molecular weight is 224 g/mol. The molecular weight excluding hydrogens is 207 g/mol. The van der Waals surface area contributed by atoms with Crippen LogP contribution in [0.15, 0.2) is 36.1 Å². The number of hydrogen-bond acceptors (Lipinski definition) is 1. The second kappa shape index (κ2) is 5.89. The number of rotatable bonds is 5. The Morgan fingerprint density at radius 2 is 2.00 bits per heavy atom. The number of unbranched alkanes of at least 4 members (excludes halogenated alkanes) is 1. The molecule has 0 amide bonds. The molecule has 1 unspecified atom stereocenters. The van der Waals surface area contributed by atoms with Gasteiger partial charge in [0.2, 0.25) is 7.37 Å². The monoisotopic (exact) mass is 224 g/mol. The van der Waals surface area contributed by atoms with Crippen LogP contribution in [0.25, 0.3) is 6.08 Å². The lowest BCUT2D eigenvalue weighted by atomic mass is 10.2. The predicted octanol–water partition coefficient (Wildman–Crippen LogP) is 3.73. The van der Waals surface area contributed by atoms with E-state index in [2.05, 4.69) is 0 Å². The maximum Gasteiger partial charge on any atom is 0.222 e. The van der Waals surface area contributed by atoms with E-state index >= 15 is 0 Å². The normalized spacial score (nSPS) is 15.3. The Bertz CT molecular complexity index is 357. The molecule has 15 heavy (non-hydrogen) atoms. The van der Waals surface area contributed by atoms with E-state index < -0.39 is 7.37 Å². The third kappa shape index (κ3) is 4.96. The van der Waals surface area contributed by atoms with E-state index in [9.17, 15) is 9.46 Å². The molecule has 0 aliphatic heterocycles. The smallest absolute Gasteiger partial charge is 0.222 e. The molecule has 0 radical (unpaired) electrons. The molecule has 0 saturated carbocycles. The van der Waals surface area contributed by atoms with Gasteiger partial charge in [0, 0.05) is 12.0 Å². The van der Waals surface area contributed by atoms with Crippen LogP contribution in [0.1, 0.15) is 25.3 Å². The quantitative estimate of drug-likeness (QED) is 0.774. The van der Waals surface area contributed by atoms with Crippen molar-refractivity contribution >= 4 is 13.4 Å². The first-order chi connectivity index (χ1) is 7.14. The summed E-state index contributed by atoms with van der Waals surface area (Å²) in [5.41, 5.74) is 0.961. The molecule has 1 aromatic rings. The molecule has 2 nitrogen and oxygen atoms in total. The summed E-state index contributed by atoms with van der Waals surface area (Å²) in [5, 5.41) is 0. The summed E-state index contributed by atoms with van der Waals surface area (Å²) in [5.74, 6) is 1.44. The number of benzene rings is 1. The fourth-order valence-corrected chi connectivity index (χ4v) is 2.55. The molecule has 0 saturated heterocycles. The lowest BCUT2D eigenvalue weighted by Crippen LogP contribution is -1.84. The van der Waals surface area contributed by atoms with Crippen molar-refractivity contribution in [1.29, 1.82) is 0 Å². The van der Waals surface area contributed by atoms with Crippen LogP contribution in [0.4, 0.5) is 0 Å². The van der Waals surface area contributed by atoms with E-state index in [4.69, 9.17) is 0 Å². The fraction of sp³-hybridized carbons (Fsp3) is 0.333. The van der Waals surface area contributed by atoms with Crippen molar-refractivity contribution in [3.63, 3.8) is 0 Å². The second-order valence-corrected chi connectivity index (χ2v) is 5.82. The van der Waals surface area contributed by atoms with Crippen LogP contribution in [-0.4, -0.2) is 11.1 Å². The van der Waals surface area contributed by atoms with Crippen LogP contribution in [0.2, 0.25) is 0 Å². The van der Waals surface area contributed by atoms with Gasteiger partial charge in [-0.05, 0) is 18.1 Å². The summed E-state index contributed by atoms with van der Waals surface area (Å²) in [6, 6.07) is 9.57. The summed E-state index contributed by atoms with van der Waals surface area (Å²) in [6.45, 7) is 2.01. The van der Waals surface area contributed by atoms with Crippen LogP contribution < -0.4 is 0 Å². The lowest BCUT2D eigenvalue weighted by Gasteiger charge is -2.04. The molecule has 3 heteroatoms. The van der Waals surface area contributed by atoms with Crippen molar-refractivity contribution in [3.05, 3.63) is 41.7 Å². The maximum atomic E-state index is 11.6. The first-order valence-corrected chi connectivity index (χ1v) is 7.11. The molecule has 0 spiro atoms. The van der Waals surface area contributed by atoms with Crippen LogP contribution in [0.5, 0.6) is 0 Å². The first kappa shape index (κ1) is 12.2. The summed E-state index contributed by atoms with van der Waals surface area (Å²) in [7, 11) is -3.06. The zero-order valence-electron chi connectivity index (χ0n) is 8.97. The minimum atomic E-state index is -3.06. The van der Waals surface area contributed by atoms with E-state index in [1.54, 1.807) is 6.08 Å². The second-order valence-electron chi connectivity index (χ2n) is 3.56. The number of hydrogen-bond donors (Lipinski definition) is 1. The predicted molar refractivity (Wildman–Crippen MR) is 65.1 cm³/mol. The van der Waals surface area contributed by atoms with Crippen molar-refractivity contribution in [1.82, 2.24) is 0 Å². The molecule has 1 aromatic carbocycles. The highest BCUT2D eigenvalue weighted by molar-refractivity contribution is 7.61. The maximum absolute atomic E-state index is 11.6. The Morgan fingerprint density at radius 1 is 1.33 bits per heavy atom. The van der Waals surface area contributed by atoms with E-state index in [1.807, 2.05) is 37.3 Å². The third-order valence-electron chi connectivity index (χ3n) is 2.13. The van der Waals surface area contributed by atoms with E-state index in [0.29, 0.717) is 6.16 Å². The van der Waals surface area contributed by atoms with Gasteiger partial charge in [0.15, 0.2) is 0 Å². The molecule has 0 aliphatic rings. The molecule has 0 heterocycles. The Morgan fingerprint density at radius 3 is 2.60 bits per heavy atom. The van der Waals surface area contributed by atoms with Gasteiger partial charge in [-0.15, -0.1) is 0 Å². The highest BCUT2D eigenvalue weighted by atomic mass is 31.2. The third-order valence-corrected chi connectivity index (χ3v) is 3.70. The Hall–Kier alpha value is -0.850. The average Bonchev–Trinajstić information content (AvgIpc) is 2.25. The topological polar surface area (TPSA) is 37.3 Å². The summed E-state index contributed by atoms with van der Waals surface area (Å²) >= 11 is 0. The molecular formula is C12H17O2P. The van der Waals surface area contributed by atoms with Crippen LogP contribution in [-0.2, 0) is 4.57 Å². The van der Waals surface area contributed by atoms with Crippen molar-refractivity contribution in [2.45, 2.75) is 19.8 Å². The molecule has 0 aromatic heterocycles. The zero-order valence-corrected chi connectivity index (χ0v) is 9.86. The summed E-state index contributed by atoms with van der Waals surface area (Å²) in [6.07, 6.45) is 3.85. The SMILES string of the molecule is CCCCP(=O)(O)C=Cc1ccccc1. The van der Waals surface area contributed by atoms with Gasteiger partial charge in [0.05, 0.1) is 0 Å². The molecule has 1 N–H and O–H groups in total. The first-order valence-electron chi connectivity index (χ1n) is 5.20. The zero-order chi connectivity index (χ0) is 11.1. The van der Waals surface area contributed by atoms with Gasteiger partial charge in [-0.2, -0.15) is 0 Å². The molecule has 0 bridgehead atoms. The van der Waals surface area contributed by atoms with E-state index in [0.717, 1.165) is 18.4 Å². The minimum absolute atomic E-state index is 0.382. The lowest BCUT2D eigenvalue weighted by molar-refractivity contribution is 0.486. The van der Waals surface area contributed by atoms with Crippen molar-refractivity contribution in [3.8, 4) is 0 Å². The Labute approximate surface area is 91.1 Å². The van der Waals surface area contributed by atoms with Crippen molar-refractivity contribution in [2.75, 3.05) is 6.16 Å². The largest absolute Gasteiger partial charge is 0.341 e. The van der Waals surface area contributed by atoms with Gasteiger partial charge in [0.25, 0.3) is 0 Å². The highest BCUT2D eigenvalue weighted by Crippen LogP contribution is 2.43. The fourth-order valence-electron chi connectivity index (χ4n) is 1.23. The van der Waals surface area contributed by atoms with Gasteiger partial charge >= 0.3 is 0 Å². The van der Waals surface area contributed by atoms with Gasteiger partial charge in [-0.3, -0.25) is 4.57 Å². The van der Waals surface area contributed by atoms with E-state index in [-0.39, 0.29) is 0 Å².